The van der Waals surface area contributed by atoms with Crippen LogP contribution in [0, 0.1) is 12.7 Å². The Morgan fingerprint density at radius 3 is 2.67 bits per heavy atom. The standard InChI is InChI=1S/C16H22FN3O/c1-13-18-8-11-20(13)10-3-9-19(2)12-16(21)14-4-6-15(17)7-5-14/h4-8,11,16,21H,3,9-10,12H2,1-2H3. The highest BCUT2D eigenvalue weighted by Gasteiger charge is 2.10. The van der Waals surface area contributed by atoms with Gasteiger partial charge in [-0.25, -0.2) is 9.37 Å². The third-order valence-corrected chi connectivity index (χ3v) is 3.60. The van der Waals surface area contributed by atoms with Gasteiger partial charge in [-0.2, -0.15) is 0 Å². The number of benzene rings is 1. The minimum atomic E-state index is -0.592. The number of rotatable bonds is 7. The number of hydrogen-bond donors (Lipinski definition) is 1. The van der Waals surface area contributed by atoms with Crippen molar-refractivity contribution in [3.8, 4) is 0 Å². The fourth-order valence-corrected chi connectivity index (χ4v) is 2.33. The smallest absolute Gasteiger partial charge is 0.123 e. The van der Waals surface area contributed by atoms with Gasteiger partial charge in [-0.3, -0.25) is 0 Å². The molecule has 0 spiro atoms. The Balaban J connectivity index is 1.75. The molecule has 0 saturated heterocycles. The number of imidazole rings is 1. The summed E-state index contributed by atoms with van der Waals surface area (Å²) in [6, 6.07) is 6.01. The molecule has 1 unspecified atom stereocenters. The summed E-state index contributed by atoms with van der Waals surface area (Å²) >= 11 is 0. The Hall–Kier alpha value is -1.72. The van der Waals surface area contributed by atoms with E-state index in [-0.39, 0.29) is 5.82 Å². The summed E-state index contributed by atoms with van der Waals surface area (Å²) in [4.78, 5) is 6.27. The van der Waals surface area contributed by atoms with E-state index in [2.05, 4.69) is 14.5 Å². The van der Waals surface area contributed by atoms with Crippen LogP contribution in [0.3, 0.4) is 0 Å². The number of halogens is 1. The first kappa shape index (κ1) is 15.7. The van der Waals surface area contributed by atoms with E-state index in [4.69, 9.17) is 0 Å². The van der Waals surface area contributed by atoms with E-state index in [1.807, 2.05) is 20.2 Å². The van der Waals surface area contributed by atoms with Gasteiger partial charge in [0.2, 0.25) is 0 Å². The minimum Gasteiger partial charge on any atom is -0.387 e. The molecule has 1 aromatic carbocycles. The average molecular weight is 291 g/mol. The summed E-state index contributed by atoms with van der Waals surface area (Å²) in [6.45, 7) is 4.33. The molecule has 1 N–H and O–H groups in total. The molecule has 0 aliphatic heterocycles. The van der Waals surface area contributed by atoms with Crippen LogP contribution in [-0.2, 0) is 6.54 Å². The van der Waals surface area contributed by atoms with Crippen LogP contribution in [0.5, 0.6) is 0 Å². The highest BCUT2D eigenvalue weighted by molar-refractivity contribution is 5.18. The molecular weight excluding hydrogens is 269 g/mol. The Morgan fingerprint density at radius 2 is 2.05 bits per heavy atom. The summed E-state index contributed by atoms with van der Waals surface area (Å²) in [6.07, 6.45) is 4.18. The van der Waals surface area contributed by atoms with E-state index >= 15 is 0 Å². The van der Waals surface area contributed by atoms with Crippen LogP contribution in [0.1, 0.15) is 23.9 Å². The number of nitrogens with zero attached hydrogens (tertiary/aromatic N) is 3. The first-order chi connectivity index (χ1) is 10.1. The van der Waals surface area contributed by atoms with E-state index in [1.54, 1.807) is 18.3 Å². The van der Waals surface area contributed by atoms with Crippen molar-refractivity contribution in [3.05, 3.63) is 53.9 Å². The van der Waals surface area contributed by atoms with Crippen molar-refractivity contribution >= 4 is 0 Å². The van der Waals surface area contributed by atoms with E-state index in [9.17, 15) is 9.50 Å². The lowest BCUT2D eigenvalue weighted by Gasteiger charge is -2.21. The molecule has 0 amide bonds. The molecule has 1 aromatic heterocycles. The Labute approximate surface area is 124 Å². The monoisotopic (exact) mass is 291 g/mol. The number of aliphatic hydroxyl groups is 1. The van der Waals surface area contributed by atoms with Crippen LogP contribution in [0.4, 0.5) is 4.39 Å². The van der Waals surface area contributed by atoms with Crippen molar-refractivity contribution < 1.29 is 9.50 Å². The van der Waals surface area contributed by atoms with E-state index < -0.39 is 6.10 Å². The van der Waals surface area contributed by atoms with Crippen LogP contribution < -0.4 is 0 Å². The van der Waals surface area contributed by atoms with Gasteiger partial charge in [0.25, 0.3) is 0 Å². The Bertz CT molecular complexity index is 553. The maximum absolute atomic E-state index is 12.8. The van der Waals surface area contributed by atoms with Crippen LogP contribution in [0.2, 0.25) is 0 Å². The maximum atomic E-state index is 12.8. The SMILES string of the molecule is Cc1nccn1CCCN(C)CC(O)c1ccc(F)cc1. The summed E-state index contributed by atoms with van der Waals surface area (Å²) in [5, 5.41) is 10.1. The molecule has 2 aromatic rings. The Morgan fingerprint density at radius 1 is 1.33 bits per heavy atom. The van der Waals surface area contributed by atoms with Crippen molar-refractivity contribution in [1.29, 1.82) is 0 Å². The van der Waals surface area contributed by atoms with Crippen LogP contribution >= 0.6 is 0 Å². The summed E-state index contributed by atoms with van der Waals surface area (Å²) < 4.78 is 15.0. The highest BCUT2D eigenvalue weighted by Crippen LogP contribution is 2.14. The van der Waals surface area contributed by atoms with Crippen molar-refractivity contribution in [2.45, 2.75) is 26.0 Å². The maximum Gasteiger partial charge on any atom is 0.123 e. The number of likely N-dealkylation sites (N-methyl/N-ethyl adjacent to an activating group) is 1. The highest BCUT2D eigenvalue weighted by atomic mass is 19.1. The fourth-order valence-electron chi connectivity index (χ4n) is 2.33. The van der Waals surface area contributed by atoms with Crippen molar-refractivity contribution in [1.82, 2.24) is 14.5 Å². The first-order valence-corrected chi connectivity index (χ1v) is 7.16. The lowest BCUT2D eigenvalue weighted by atomic mass is 10.1. The third-order valence-electron chi connectivity index (χ3n) is 3.60. The predicted octanol–water partition coefficient (Wildman–Crippen LogP) is 2.39. The molecule has 0 radical (unpaired) electrons. The van der Waals surface area contributed by atoms with Gasteiger partial charge in [0.05, 0.1) is 6.10 Å². The zero-order valence-corrected chi connectivity index (χ0v) is 12.5. The van der Waals surface area contributed by atoms with Gasteiger partial charge in [0, 0.05) is 25.5 Å². The normalized spacial score (nSPS) is 12.8. The van der Waals surface area contributed by atoms with Crippen molar-refractivity contribution in [2.24, 2.45) is 0 Å². The molecule has 1 atom stereocenters. The molecule has 4 nitrogen and oxygen atoms in total. The molecule has 0 bridgehead atoms. The second-order valence-electron chi connectivity index (χ2n) is 5.35. The summed E-state index contributed by atoms with van der Waals surface area (Å²) in [5.41, 5.74) is 0.744. The lowest BCUT2D eigenvalue weighted by Crippen LogP contribution is -2.26. The quantitative estimate of drug-likeness (QED) is 0.851. The number of hydrogen-bond acceptors (Lipinski definition) is 3. The molecule has 21 heavy (non-hydrogen) atoms. The van der Waals surface area contributed by atoms with E-state index in [1.165, 1.54) is 12.1 Å². The van der Waals surface area contributed by atoms with Crippen molar-refractivity contribution in [3.63, 3.8) is 0 Å². The average Bonchev–Trinajstić information content (AvgIpc) is 2.85. The molecule has 0 aliphatic rings. The number of aliphatic hydroxyl groups excluding tert-OH is 1. The molecular formula is C16H22FN3O. The van der Waals surface area contributed by atoms with Gasteiger partial charge in [0.1, 0.15) is 11.6 Å². The van der Waals surface area contributed by atoms with E-state index in [0.29, 0.717) is 6.54 Å². The zero-order valence-electron chi connectivity index (χ0n) is 12.5. The van der Waals surface area contributed by atoms with Crippen LogP contribution in [-0.4, -0.2) is 39.7 Å². The van der Waals surface area contributed by atoms with Crippen LogP contribution in [0.25, 0.3) is 0 Å². The summed E-state index contributed by atoms with van der Waals surface area (Å²) in [7, 11) is 1.98. The lowest BCUT2D eigenvalue weighted by molar-refractivity contribution is 0.125. The van der Waals surface area contributed by atoms with Gasteiger partial charge >= 0.3 is 0 Å². The predicted molar refractivity (Wildman–Crippen MR) is 80.4 cm³/mol. The van der Waals surface area contributed by atoms with Gasteiger partial charge < -0.3 is 14.6 Å². The van der Waals surface area contributed by atoms with Gasteiger partial charge in [-0.15, -0.1) is 0 Å². The first-order valence-electron chi connectivity index (χ1n) is 7.16. The molecule has 2 rings (SSSR count). The summed E-state index contributed by atoms with van der Waals surface area (Å²) in [5.74, 6) is 0.735. The van der Waals surface area contributed by atoms with Gasteiger partial charge in [0.15, 0.2) is 0 Å². The van der Waals surface area contributed by atoms with Gasteiger partial charge in [-0.1, -0.05) is 12.1 Å². The Kier molecular flexibility index (Phi) is 5.47. The third kappa shape index (κ3) is 4.65. The van der Waals surface area contributed by atoms with E-state index in [0.717, 1.165) is 30.9 Å². The molecule has 0 aliphatic carbocycles. The largest absolute Gasteiger partial charge is 0.387 e. The zero-order chi connectivity index (χ0) is 15.2. The molecule has 114 valence electrons. The fraction of sp³-hybridized carbons (Fsp3) is 0.438. The molecule has 0 saturated carbocycles. The molecule has 1 heterocycles. The number of aryl methyl sites for hydroxylation is 2. The second kappa shape index (κ2) is 7.33. The molecule has 5 heteroatoms. The van der Waals surface area contributed by atoms with Gasteiger partial charge in [-0.05, 0) is 44.6 Å². The molecule has 0 fully saturated rings. The second-order valence-corrected chi connectivity index (χ2v) is 5.35. The van der Waals surface area contributed by atoms with Crippen molar-refractivity contribution in [2.75, 3.05) is 20.1 Å². The minimum absolute atomic E-state index is 0.282. The number of aromatic nitrogens is 2. The van der Waals surface area contributed by atoms with Crippen LogP contribution in [0.15, 0.2) is 36.7 Å². The topological polar surface area (TPSA) is 41.3 Å².